The van der Waals surface area contributed by atoms with Gasteiger partial charge in [-0.1, -0.05) is 11.6 Å². The first-order chi connectivity index (χ1) is 9.09. The van der Waals surface area contributed by atoms with Crippen LogP contribution in [-0.4, -0.2) is 22.9 Å². The number of aromatic nitrogens is 1. The van der Waals surface area contributed by atoms with Crippen LogP contribution in [0, 0.1) is 13.8 Å². The summed E-state index contributed by atoms with van der Waals surface area (Å²) in [6.45, 7) is 5.07. The Balaban J connectivity index is 2.19. The fourth-order valence-electron chi connectivity index (χ4n) is 3.08. The molecule has 2 aromatic rings. The van der Waals surface area contributed by atoms with Crippen molar-refractivity contribution in [1.82, 2.24) is 9.88 Å². The van der Waals surface area contributed by atoms with E-state index in [2.05, 4.69) is 35.0 Å². The number of hydrogen-bond acceptors (Lipinski definition) is 2. The lowest BCUT2D eigenvalue weighted by Gasteiger charge is -2.09. The van der Waals surface area contributed by atoms with Crippen molar-refractivity contribution in [3.63, 3.8) is 0 Å². The molecule has 19 heavy (non-hydrogen) atoms. The molecule has 3 heteroatoms. The van der Waals surface area contributed by atoms with Gasteiger partial charge in [-0.3, -0.25) is 4.79 Å². The second-order valence-corrected chi connectivity index (χ2v) is 5.55. The van der Waals surface area contributed by atoms with E-state index in [4.69, 9.17) is 0 Å². The molecule has 1 saturated heterocycles. The Morgan fingerprint density at radius 1 is 1.37 bits per heavy atom. The van der Waals surface area contributed by atoms with Crippen LogP contribution in [0.15, 0.2) is 18.2 Å². The van der Waals surface area contributed by atoms with Crippen LogP contribution in [0.4, 0.5) is 0 Å². The summed E-state index contributed by atoms with van der Waals surface area (Å²) in [5, 5.41) is 4.41. The van der Waals surface area contributed by atoms with Gasteiger partial charge in [0, 0.05) is 29.2 Å². The Labute approximate surface area is 113 Å². The van der Waals surface area contributed by atoms with E-state index in [1.807, 2.05) is 14.0 Å². The Hall–Kier alpha value is -1.61. The van der Waals surface area contributed by atoms with E-state index in [9.17, 15) is 4.79 Å². The number of ketones is 1. The van der Waals surface area contributed by atoms with Gasteiger partial charge >= 0.3 is 0 Å². The first kappa shape index (κ1) is 12.4. The highest BCUT2D eigenvalue weighted by Gasteiger charge is 2.27. The minimum Gasteiger partial charge on any atom is -0.347 e. The van der Waals surface area contributed by atoms with Gasteiger partial charge in [0.1, 0.15) is 0 Å². The summed E-state index contributed by atoms with van der Waals surface area (Å²) in [5.74, 6) is 0.256. The van der Waals surface area contributed by atoms with Crippen LogP contribution in [0.25, 0.3) is 10.9 Å². The summed E-state index contributed by atoms with van der Waals surface area (Å²) in [6, 6.07) is 6.34. The van der Waals surface area contributed by atoms with Crippen LogP contribution in [0.2, 0.25) is 0 Å². The Bertz CT molecular complexity index is 648. The molecule has 1 N–H and O–H groups in total. The first-order valence-corrected chi connectivity index (χ1v) is 6.93. The average molecular weight is 256 g/mol. The molecular formula is C16H20N2O. The molecule has 0 bridgehead atoms. The van der Waals surface area contributed by atoms with E-state index in [1.54, 1.807) is 0 Å². The molecular weight excluding hydrogens is 236 g/mol. The highest BCUT2D eigenvalue weighted by Crippen LogP contribution is 2.28. The van der Waals surface area contributed by atoms with Gasteiger partial charge in [-0.2, -0.15) is 0 Å². The third kappa shape index (κ3) is 1.89. The SMILES string of the molecule is Cc1ccc2c(c1)c(C(=O)C1CCCN1)c(C)n2C. The molecule has 1 atom stereocenters. The van der Waals surface area contributed by atoms with E-state index in [1.165, 1.54) is 5.56 Å². The normalized spacial score (nSPS) is 19.2. The second-order valence-electron chi connectivity index (χ2n) is 5.55. The molecule has 0 saturated carbocycles. The van der Waals surface area contributed by atoms with Crippen LogP contribution < -0.4 is 5.32 Å². The van der Waals surface area contributed by atoms with E-state index < -0.39 is 0 Å². The molecule has 0 aliphatic carbocycles. The molecule has 0 spiro atoms. The number of Topliss-reactive ketones (excluding diaryl/α,β-unsaturated/α-hetero) is 1. The summed E-state index contributed by atoms with van der Waals surface area (Å²) < 4.78 is 2.12. The van der Waals surface area contributed by atoms with Gasteiger partial charge in [0.2, 0.25) is 0 Å². The second kappa shape index (κ2) is 4.49. The molecule has 1 aliphatic heterocycles. The number of benzene rings is 1. The topological polar surface area (TPSA) is 34.0 Å². The molecule has 3 nitrogen and oxygen atoms in total. The molecule has 1 unspecified atom stereocenters. The molecule has 2 heterocycles. The summed E-state index contributed by atoms with van der Waals surface area (Å²) in [4.78, 5) is 12.7. The molecule has 100 valence electrons. The van der Waals surface area contributed by atoms with Gasteiger partial charge in [0.25, 0.3) is 0 Å². The maximum atomic E-state index is 12.7. The lowest BCUT2D eigenvalue weighted by Crippen LogP contribution is -2.31. The number of nitrogens with one attached hydrogen (secondary N) is 1. The third-order valence-corrected chi connectivity index (χ3v) is 4.27. The summed E-state index contributed by atoms with van der Waals surface area (Å²) in [7, 11) is 2.03. The fraction of sp³-hybridized carbons (Fsp3) is 0.438. The molecule has 1 aliphatic rings. The number of nitrogens with zero attached hydrogens (tertiary/aromatic N) is 1. The van der Waals surface area contributed by atoms with E-state index in [-0.39, 0.29) is 11.8 Å². The maximum Gasteiger partial charge on any atom is 0.182 e. The highest BCUT2D eigenvalue weighted by molar-refractivity contribution is 6.12. The summed E-state index contributed by atoms with van der Waals surface area (Å²) in [6.07, 6.45) is 2.06. The predicted octanol–water partition coefficient (Wildman–Crippen LogP) is 2.73. The van der Waals surface area contributed by atoms with Gasteiger partial charge in [-0.05, 0) is 45.4 Å². The van der Waals surface area contributed by atoms with E-state index in [0.717, 1.165) is 41.5 Å². The smallest absolute Gasteiger partial charge is 0.182 e. The van der Waals surface area contributed by atoms with Gasteiger partial charge < -0.3 is 9.88 Å². The number of fused-ring (bicyclic) bond motifs is 1. The van der Waals surface area contributed by atoms with Crippen LogP contribution in [-0.2, 0) is 7.05 Å². The molecule has 0 radical (unpaired) electrons. The van der Waals surface area contributed by atoms with Crippen molar-refractivity contribution in [3.8, 4) is 0 Å². The summed E-state index contributed by atoms with van der Waals surface area (Å²) in [5.41, 5.74) is 4.32. The minimum absolute atomic E-state index is 0.00446. The van der Waals surface area contributed by atoms with Crippen molar-refractivity contribution >= 4 is 16.7 Å². The zero-order valence-corrected chi connectivity index (χ0v) is 11.8. The Kier molecular flexibility index (Phi) is 2.94. The van der Waals surface area contributed by atoms with Gasteiger partial charge in [-0.15, -0.1) is 0 Å². The predicted molar refractivity (Wildman–Crippen MR) is 77.7 cm³/mol. The van der Waals surface area contributed by atoms with Crippen molar-refractivity contribution in [2.75, 3.05) is 6.54 Å². The first-order valence-electron chi connectivity index (χ1n) is 6.93. The lowest BCUT2D eigenvalue weighted by atomic mass is 9.99. The zero-order chi connectivity index (χ0) is 13.6. The zero-order valence-electron chi connectivity index (χ0n) is 11.8. The quantitative estimate of drug-likeness (QED) is 0.838. The largest absolute Gasteiger partial charge is 0.347 e. The third-order valence-electron chi connectivity index (χ3n) is 4.27. The molecule has 1 aromatic carbocycles. The number of rotatable bonds is 2. The van der Waals surface area contributed by atoms with Crippen molar-refractivity contribution < 1.29 is 4.79 Å². The van der Waals surface area contributed by atoms with Crippen molar-refractivity contribution in [1.29, 1.82) is 0 Å². The van der Waals surface area contributed by atoms with Gasteiger partial charge in [-0.25, -0.2) is 0 Å². The summed E-state index contributed by atoms with van der Waals surface area (Å²) >= 11 is 0. The van der Waals surface area contributed by atoms with Gasteiger partial charge in [0.15, 0.2) is 5.78 Å². The van der Waals surface area contributed by atoms with Crippen LogP contribution in [0.1, 0.15) is 34.5 Å². The Morgan fingerprint density at radius 2 is 2.16 bits per heavy atom. The number of hydrogen-bond donors (Lipinski definition) is 1. The minimum atomic E-state index is 0.00446. The molecule has 0 amide bonds. The molecule has 1 aromatic heterocycles. The highest BCUT2D eigenvalue weighted by atomic mass is 16.1. The van der Waals surface area contributed by atoms with E-state index in [0.29, 0.717) is 0 Å². The maximum absolute atomic E-state index is 12.7. The van der Waals surface area contributed by atoms with Crippen molar-refractivity contribution in [2.45, 2.75) is 32.7 Å². The van der Waals surface area contributed by atoms with Gasteiger partial charge in [0.05, 0.1) is 6.04 Å². The standard InChI is InChI=1S/C16H20N2O/c1-10-6-7-14-12(9-10)15(11(2)18(14)3)16(19)13-5-4-8-17-13/h6-7,9,13,17H,4-5,8H2,1-3H3. The number of carbonyl (C=O) groups is 1. The fourth-order valence-corrected chi connectivity index (χ4v) is 3.08. The average Bonchev–Trinajstić information content (AvgIpc) is 2.98. The van der Waals surface area contributed by atoms with Crippen molar-refractivity contribution in [2.24, 2.45) is 7.05 Å². The van der Waals surface area contributed by atoms with Crippen LogP contribution >= 0.6 is 0 Å². The lowest BCUT2D eigenvalue weighted by molar-refractivity contribution is 0.0953. The van der Waals surface area contributed by atoms with Crippen LogP contribution in [0.5, 0.6) is 0 Å². The van der Waals surface area contributed by atoms with Crippen LogP contribution in [0.3, 0.4) is 0 Å². The molecule has 3 rings (SSSR count). The monoisotopic (exact) mass is 256 g/mol. The van der Waals surface area contributed by atoms with Crippen molar-refractivity contribution in [3.05, 3.63) is 35.0 Å². The Morgan fingerprint density at radius 3 is 2.84 bits per heavy atom. The molecule has 1 fully saturated rings. The van der Waals surface area contributed by atoms with E-state index >= 15 is 0 Å². The number of aryl methyl sites for hydroxylation is 2. The number of carbonyl (C=O) groups excluding carboxylic acids is 1.